The molecular formula is C12H19NO2. The van der Waals surface area contributed by atoms with Crippen molar-refractivity contribution in [3.63, 3.8) is 0 Å². The van der Waals surface area contributed by atoms with Crippen LogP contribution >= 0.6 is 0 Å². The molecule has 0 saturated heterocycles. The monoisotopic (exact) mass is 209 g/mol. The van der Waals surface area contributed by atoms with Gasteiger partial charge in [-0.25, -0.2) is 0 Å². The second kappa shape index (κ2) is 4.60. The van der Waals surface area contributed by atoms with Crippen LogP contribution in [0.1, 0.15) is 46.5 Å². The summed E-state index contributed by atoms with van der Waals surface area (Å²) in [7, 11) is 0. The number of nitrogens with one attached hydrogen (secondary N) is 1. The molecule has 3 heteroatoms. The van der Waals surface area contributed by atoms with Gasteiger partial charge in [0.05, 0.1) is 5.70 Å². The predicted molar refractivity (Wildman–Crippen MR) is 59.2 cm³/mol. The summed E-state index contributed by atoms with van der Waals surface area (Å²) in [4.78, 5) is 22.9. The highest BCUT2D eigenvalue weighted by Crippen LogP contribution is 2.30. The zero-order chi connectivity index (χ0) is 11.5. The summed E-state index contributed by atoms with van der Waals surface area (Å²) in [5, 5.41) is 2.70. The number of hydrogen-bond acceptors (Lipinski definition) is 2. The van der Waals surface area contributed by atoms with E-state index in [4.69, 9.17) is 0 Å². The van der Waals surface area contributed by atoms with Gasteiger partial charge in [-0.2, -0.15) is 0 Å². The molecule has 1 aliphatic rings. The zero-order valence-electron chi connectivity index (χ0n) is 9.72. The average Bonchev–Trinajstić information content (AvgIpc) is 2.11. The van der Waals surface area contributed by atoms with Gasteiger partial charge >= 0.3 is 0 Å². The molecule has 0 atom stereocenters. The average molecular weight is 209 g/mol. The van der Waals surface area contributed by atoms with E-state index in [0.29, 0.717) is 18.5 Å². The highest BCUT2D eigenvalue weighted by molar-refractivity contribution is 5.99. The van der Waals surface area contributed by atoms with E-state index in [0.717, 1.165) is 12.8 Å². The van der Waals surface area contributed by atoms with E-state index >= 15 is 0 Å². The van der Waals surface area contributed by atoms with Gasteiger partial charge in [0.25, 0.3) is 0 Å². The van der Waals surface area contributed by atoms with Crippen molar-refractivity contribution >= 4 is 11.7 Å². The second-order valence-corrected chi connectivity index (χ2v) is 4.77. The van der Waals surface area contributed by atoms with Gasteiger partial charge in [0, 0.05) is 12.8 Å². The summed E-state index contributed by atoms with van der Waals surface area (Å²) in [6, 6.07) is 0. The molecule has 15 heavy (non-hydrogen) atoms. The molecule has 0 fully saturated rings. The summed E-state index contributed by atoms with van der Waals surface area (Å²) in [5.74, 6) is -0.00595. The molecule has 0 spiro atoms. The van der Waals surface area contributed by atoms with E-state index < -0.39 is 0 Å². The van der Waals surface area contributed by atoms with Crippen LogP contribution in [0.3, 0.4) is 0 Å². The van der Waals surface area contributed by atoms with Gasteiger partial charge in [-0.1, -0.05) is 26.8 Å². The number of ketones is 1. The van der Waals surface area contributed by atoms with Crippen LogP contribution in [0.5, 0.6) is 0 Å². The van der Waals surface area contributed by atoms with E-state index in [9.17, 15) is 9.59 Å². The standard InChI is InChI=1S/C12H19NO2/c1-4-5-11(15)13-9-8-12(2,3)7-6-10(9)14/h8H,4-7H2,1-3H3,(H,13,15). The quantitative estimate of drug-likeness (QED) is 0.774. The fraction of sp³-hybridized carbons (Fsp3) is 0.667. The number of allylic oxidation sites excluding steroid dienone is 2. The van der Waals surface area contributed by atoms with Crippen LogP contribution in [0, 0.1) is 5.41 Å². The van der Waals surface area contributed by atoms with Crippen LogP contribution in [-0.4, -0.2) is 11.7 Å². The minimum Gasteiger partial charge on any atom is -0.323 e. The van der Waals surface area contributed by atoms with Gasteiger partial charge in [0.15, 0.2) is 5.78 Å². The molecular weight excluding hydrogens is 190 g/mol. The molecule has 1 N–H and O–H groups in total. The molecule has 1 aliphatic carbocycles. The Morgan fingerprint density at radius 3 is 2.80 bits per heavy atom. The van der Waals surface area contributed by atoms with E-state index in [1.807, 2.05) is 13.0 Å². The first-order valence-corrected chi connectivity index (χ1v) is 5.50. The first-order chi connectivity index (χ1) is 6.94. The van der Waals surface area contributed by atoms with Crippen LogP contribution in [0.4, 0.5) is 0 Å². The fourth-order valence-corrected chi connectivity index (χ4v) is 1.66. The normalized spacial score (nSPS) is 19.7. The molecule has 3 nitrogen and oxygen atoms in total. The predicted octanol–water partition coefficient (Wildman–Crippen LogP) is 2.18. The molecule has 0 bridgehead atoms. The van der Waals surface area contributed by atoms with Gasteiger partial charge in [0.1, 0.15) is 0 Å². The van der Waals surface area contributed by atoms with Crippen LogP contribution < -0.4 is 5.32 Å². The van der Waals surface area contributed by atoms with Crippen molar-refractivity contribution in [2.45, 2.75) is 46.5 Å². The Hall–Kier alpha value is -1.12. The topological polar surface area (TPSA) is 46.2 Å². The number of rotatable bonds is 3. The lowest BCUT2D eigenvalue weighted by Crippen LogP contribution is -2.32. The number of carbonyl (C=O) groups is 2. The largest absolute Gasteiger partial charge is 0.323 e. The molecule has 0 aromatic carbocycles. The maximum atomic E-state index is 11.5. The second-order valence-electron chi connectivity index (χ2n) is 4.77. The maximum absolute atomic E-state index is 11.5. The Morgan fingerprint density at radius 2 is 2.20 bits per heavy atom. The van der Waals surface area contributed by atoms with Crippen molar-refractivity contribution in [3.05, 3.63) is 11.8 Å². The molecule has 0 unspecified atom stereocenters. The molecule has 0 aromatic heterocycles. The Morgan fingerprint density at radius 1 is 1.53 bits per heavy atom. The van der Waals surface area contributed by atoms with Crippen LogP contribution in [0.25, 0.3) is 0 Å². The maximum Gasteiger partial charge on any atom is 0.224 e. The molecule has 0 saturated carbocycles. The summed E-state index contributed by atoms with van der Waals surface area (Å²) < 4.78 is 0. The number of carbonyl (C=O) groups excluding carboxylic acids is 2. The van der Waals surface area contributed by atoms with Crippen LogP contribution in [0.2, 0.25) is 0 Å². The molecule has 0 aromatic rings. The van der Waals surface area contributed by atoms with Crippen molar-refractivity contribution in [2.75, 3.05) is 0 Å². The van der Waals surface area contributed by atoms with Gasteiger partial charge in [-0.3, -0.25) is 9.59 Å². The highest BCUT2D eigenvalue weighted by Gasteiger charge is 2.26. The molecule has 0 heterocycles. The highest BCUT2D eigenvalue weighted by atomic mass is 16.2. The van der Waals surface area contributed by atoms with Gasteiger partial charge in [-0.05, 0) is 18.3 Å². The van der Waals surface area contributed by atoms with E-state index in [2.05, 4.69) is 19.2 Å². The molecule has 1 amide bonds. The Kier molecular flexibility index (Phi) is 3.66. The third-order valence-electron chi connectivity index (χ3n) is 2.58. The van der Waals surface area contributed by atoms with Gasteiger partial charge in [-0.15, -0.1) is 0 Å². The Labute approximate surface area is 90.9 Å². The molecule has 0 aliphatic heterocycles. The first-order valence-electron chi connectivity index (χ1n) is 5.50. The smallest absolute Gasteiger partial charge is 0.224 e. The third kappa shape index (κ3) is 3.50. The molecule has 0 radical (unpaired) electrons. The zero-order valence-corrected chi connectivity index (χ0v) is 9.72. The summed E-state index contributed by atoms with van der Waals surface area (Å²) in [5.41, 5.74) is 0.507. The van der Waals surface area contributed by atoms with Crippen molar-refractivity contribution in [3.8, 4) is 0 Å². The lowest BCUT2D eigenvalue weighted by Gasteiger charge is -2.26. The fourth-order valence-electron chi connectivity index (χ4n) is 1.66. The lowest BCUT2D eigenvalue weighted by atomic mass is 9.81. The van der Waals surface area contributed by atoms with E-state index in [1.165, 1.54) is 0 Å². The lowest BCUT2D eigenvalue weighted by molar-refractivity contribution is -0.123. The van der Waals surface area contributed by atoms with E-state index in [-0.39, 0.29) is 17.1 Å². The molecule has 84 valence electrons. The Bertz CT molecular complexity index is 303. The van der Waals surface area contributed by atoms with Gasteiger partial charge < -0.3 is 5.32 Å². The van der Waals surface area contributed by atoms with E-state index in [1.54, 1.807) is 0 Å². The number of Topliss-reactive ketones (excluding diaryl/α,β-unsaturated/α-hetero) is 1. The summed E-state index contributed by atoms with van der Waals surface area (Å²) in [6.07, 6.45) is 4.55. The molecule has 1 rings (SSSR count). The van der Waals surface area contributed by atoms with Crippen molar-refractivity contribution in [1.29, 1.82) is 0 Å². The Balaban J connectivity index is 2.70. The number of hydrogen-bond donors (Lipinski definition) is 1. The van der Waals surface area contributed by atoms with Crippen molar-refractivity contribution in [1.82, 2.24) is 5.32 Å². The van der Waals surface area contributed by atoms with Crippen molar-refractivity contribution < 1.29 is 9.59 Å². The van der Waals surface area contributed by atoms with Crippen molar-refractivity contribution in [2.24, 2.45) is 5.41 Å². The first kappa shape index (κ1) is 12.0. The minimum atomic E-state index is -0.0604. The third-order valence-corrected chi connectivity index (χ3v) is 2.58. The van der Waals surface area contributed by atoms with Crippen LogP contribution in [-0.2, 0) is 9.59 Å². The minimum absolute atomic E-state index is 0.0166. The summed E-state index contributed by atoms with van der Waals surface area (Å²) >= 11 is 0. The van der Waals surface area contributed by atoms with Crippen LogP contribution in [0.15, 0.2) is 11.8 Å². The SMILES string of the molecule is CCCC(=O)NC1=CC(C)(C)CCC1=O. The summed E-state index contributed by atoms with van der Waals surface area (Å²) in [6.45, 7) is 6.09. The number of amides is 1. The van der Waals surface area contributed by atoms with Gasteiger partial charge in [0.2, 0.25) is 5.91 Å².